The second kappa shape index (κ2) is 6.58. The third kappa shape index (κ3) is 3.47. The molecule has 1 unspecified atom stereocenters. The van der Waals surface area contributed by atoms with Gasteiger partial charge in [0.2, 0.25) is 0 Å². The van der Waals surface area contributed by atoms with Crippen molar-refractivity contribution in [3.05, 3.63) is 52.9 Å². The Balaban J connectivity index is 1.98. The molecule has 23 heavy (non-hydrogen) atoms. The first-order valence-corrected chi connectivity index (χ1v) is 7.32. The first-order chi connectivity index (χ1) is 11.0. The van der Waals surface area contributed by atoms with Gasteiger partial charge in [0, 0.05) is 23.7 Å². The predicted octanol–water partition coefficient (Wildman–Crippen LogP) is 4.67. The van der Waals surface area contributed by atoms with Gasteiger partial charge in [-0.15, -0.1) is 0 Å². The van der Waals surface area contributed by atoms with Crippen molar-refractivity contribution in [3.63, 3.8) is 0 Å². The highest BCUT2D eigenvalue weighted by molar-refractivity contribution is 6.30. The van der Waals surface area contributed by atoms with Crippen LogP contribution in [0.5, 0.6) is 0 Å². The van der Waals surface area contributed by atoms with Crippen molar-refractivity contribution in [1.82, 2.24) is 4.98 Å². The minimum Gasteiger partial charge on any atom is -0.477 e. The molecule has 1 aliphatic heterocycles. The smallest absolute Gasteiger partial charge is 0.312 e. The molecule has 3 nitrogen and oxygen atoms in total. The third-order valence-electron chi connectivity index (χ3n) is 3.49. The molecule has 2 aromatic rings. The van der Waals surface area contributed by atoms with Crippen molar-refractivity contribution in [2.45, 2.75) is 18.9 Å². The number of rotatable bonds is 3. The number of aliphatic imine (C=N–C) groups is 1. The zero-order valence-corrected chi connectivity index (χ0v) is 12.6. The molecule has 0 aliphatic carbocycles. The lowest BCUT2D eigenvalue weighted by Gasteiger charge is -2.22. The summed E-state index contributed by atoms with van der Waals surface area (Å²) in [6.07, 6.45) is -0.978. The van der Waals surface area contributed by atoms with E-state index in [0.29, 0.717) is 22.7 Å². The van der Waals surface area contributed by atoms with Crippen molar-refractivity contribution in [1.29, 1.82) is 0 Å². The molecule has 120 valence electrons. The van der Waals surface area contributed by atoms with Crippen LogP contribution in [0.4, 0.5) is 13.2 Å². The largest absolute Gasteiger partial charge is 0.477 e. The van der Waals surface area contributed by atoms with Gasteiger partial charge < -0.3 is 4.74 Å². The van der Waals surface area contributed by atoms with Crippen LogP contribution in [-0.2, 0) is 4.74 Å². The number of hydrogen-bond donors (Lipinski definition) is 0. The quantitative estimate of drug-likeness (QED) is 0.814. The first-order valence-electron chi connectivity index (χ1n) is 6.94. The van der Waals surface area contributed by atoms with E-state index in [9.17, 15) is 13.2 Å². The minimum absolute atomic E-state index is 0.0801. The maximum Gasteiger partial charge on any atom is 0.312 e. The summed E-state index contributed by atoms with van der Waals surface area (Å²) in [5, 5.41) is 0.492. The molecule has 1 atom stereocenters. The zero-order chi connectivity index (χ0) is 16.4. The van der Waals surface area contributed by atoms with Crippen LogP contribution in [0.25, 0.3) is 11.3 Å². The summed E-state index contributed by atoms with van der Waals surface area (Å²) in [7, 11) is 0. The zero-order valence-electron chi connectivity index (χ0n) is 11.8. The summed E-state index contributed by atoms with van der Waals surface area (Å²) in [6.45, 7) is 0.0801. The van der Waals surface area contributed by atoms with Crippen LogP contribution in [0.2, 0.25) is 5.02 Å². The van der Waals surface area contributed by atoms with Gasteiger partial charge in [0.15, 0.2) is 0 Å². The molecule has 0 spiro atoms. The SMILES string of the molecule is Fc1ccc(-c2ccc(Cl)cn2)cc1C1CCOC(C(F)F)=N1. The van der Waals surface area contributed by atoms with Crippen LogP contribution < -0.4 is 0 Å². The standard InChI is InChI=1S/C16H12ClF3N2O/c17-10-2-4-13(21-8-10)9-1-3-12(18)11(7-9)14-5-6-23-16(22-14)15(19)20/h1-4,7-8,14-15H,5-6H2. The number of hydrogen-bond acceptors (Lipinski definition) is 3. The summed E-state index contributed by atoms with van der Waals surface area (Å²) in [4.78, 5) is 8.00. The van der Waals surface area contributed by atoms with Crippen LogP contribution >= 0.6 is 11.6 Å². The highest BCUT2D eigenvalue weighted by atomic mass is 35.5. The molecule has 3 rings (SSSR count). The fraction of sp³-hybridized carbons (Fsp3) is 0.250. The lowest BCUT2D eigenvalue weighted by atomic mass is 9.99. The van der Waals surface area contributed by atoms with E-state index in [2.05, 4.69) is 9.98 Å². The lowest BCUT2D eigenvalue weighted by Crippen LogP contribution is -2.23. The molecule has 0 radical (unpaired) electrons. The van der Waals surface area contributed by atoms with E-state index < -0.39 is 24.2 Å². The molecule has 7 heteroatoms. The van der Waals surface area contributed by atoms with Crippen LogP contribution in [0.1, 0.15) is 18.0 Å². The fourth-order valence-corrected chi connectivity index (χ4v) is 2.49. The summed E-state index contributed by atoms with van der Waals surface area (Å²) in [5.41, 5.74) is 1.53. The molecule has 0 amide bonds. The number of aromatic nitrogens is 1. The van der Waals surface area contributed by atoms with Gasteiger partial charge in [-0.25, -0.2) is 9.38 Å². The second-order valence-corrected chi connectivity index (χ2v) is 5.46. The Kier molecular flexibility index (Phi) is 4.52. The molecule has 1 aromatic carbocycles. The molecular formula is C16H12ClF3N2O. The highest BCUT2D eigenvalue weighted by Gasteiger charge is 2.25. The Hall–Kier alpha value is -2.08. The van der Waals surface area contributed by atoms with Crippen LogP contribution in [0, 0.1) is 5.82 Å². The monoisotopic (exact) mass is 340 g/mol. The number of benzene rings is 1. The Labute approximate surface area is 135 Å². The van der Waals surface area contributed by atoms with Crippen molar-refractivity contribution in [3.8, 4) is 11.3 Å². The van der Waals surface area contributed by atoms with Gasteiger partial charge in [-0.2, -0.15) is 8.78 Å². The Morgan fingerprint density at radius 1 is 1.22 bits per heavy atom. The number of ether oxygens (including phenoxy) is 1. The Morgan fingerprint density at radius 2 is 2.04 bits per heavy atom. The molecule has 1 aromatic heterocycles. The van der Waals surface area contributed by atoms with Gasteiger partial charge in [-0.1, -0.05) is 11.6 Å². The topological polar surface area (TPSA) is 34.5 Å². The van der Waals surface area contributed by atoms with E-state index in [1.807, 2.05) is 0 Å². The van der Waals surface area contributed by atoms with E-state index >= 15 is 0 Å². The highest BCUT2D eigenvalue weighted by Crippen LogP contribution is 2.31. The molecule has 0 fully saturated rings. The van der Waals surface area contributed by atoms with Gasteiger partial charge in [0.1, 0.15) is 5.82 Å². The maximum atomic E-state index is 14.1. The molecule has 1 aliphatic rings. The number of alkyl halides is 2. The molecule has 0 bridgehead atoms. The molecule has 0 saturated carbocycles. The maximum absolute atomic E-state index is 14.1. The van der Waals surface area contributed by atoms with E-state index in [0.717, 1.165) is 0 Å². The van der Waals surface area contributed by atoms with Gasteiger partial charge in [-0.3, -0.25) is 4.98 Å². The van der Waals surface area contributed by atoms with Crippen LogP contribution in [-0.4, -0.2) is 23.9 Å². The number of pyridine rings is 1. The summed E-state index contributed by atoms with van der Waals surface area (Å²) in [6, 6.07) is 7.12. The molecule has 0 N–H and O–H groups in total. The van der Waals surface area contributed by atoms with Crippen molar-refractivity contribution in [2.75, 3.05) is 6.61 Å². The van der Waals surface area contributed by atoms with Crippen molar-refractivity contribution < 1.29 is 17.9 Å². The lowest BCUT2D eigenvalue weighted by molar-refractivity contribution is 0.151. The van der Waals surface area contributed by atoms with E-state index in [1.54, 1.807) is 24.3 Å². The third-order valence-corrected chi connectivity index (χ3v) is 3.71. The minimum atomic E-state index is -2.80. The molecule has 0 saturated heterocycles. The summed E-state index contributed by atoms with van der Waals surface area (Å²) >= 11 is 5.80. The number of nitrogens with zero attached hydrogens (tertiary/aromatic N) is 2. The van der Waals surface area contributed by atoms with Crippen molar-refractivity contribution >= 4 is 17.5 Å². The molecular weight excluding hydrogens is 329 g/mol. The van der Waals surface area contributed by atoms with Gasteiger partial charge in [0.25, 0.3) is 5.90 Å². The van der Waals surface area contributed by atoms with Gasteiger partial charge in [0.05, 0.1) is 23.4 Å². The predicted molar refractivity (Wildman–Crippen MR) is 81.4 cm³/mol. The van der Waals surface area contributed by atoms with Gasteiger partial charge in [-0.05, 0) is 30.3 Å². The van der Waals surface area contributed by atoms with Crippen LogP contribution in [0.15, 0.2) is 41.5 Å². The second-order valence-electron chi connectivity index (χ2n) is 5.02. The van der Waals surface area contributed by atoms with Gasteiger partial charge >= 0.3 is 6.43 Å². The normalized spacial score (nSPS) is 17.8. The average molecular weight is 341 g/mol. The Morgan fingerprint density at radius 3 is 2.74 bits per heavy atom. The summed E-state index contributed by atoms with van der Waals surface area (Å²) in [5.74, 6) is -1.14. The van der Waals surface area contributed by atoms with E-state index in [-0.39, 0.29) is 12.2 Å². The van der Waals surface area contributed by atoms with E-state index in [1.165, 1.54) is 12.3 Å². The molecule has 2 heterocycles. The first kappa shape index (κ1) is 15.8. The number of halogens is 4. The average Bonchev–Trinajstić information content (AvgIpc) is 2.56. The van der Waals surface area contributed by atoms with E-state index in [4.69, 9.17) is 16.3 Å². The van der Waals surface area contributed by atoms with Crippen molar-refractivity contribution in [2.24, 2.45) is 4.99 Å². The van der Waals surface area contributed by atoms with Crippen LogP contribution in [0.3, 0.4) is 0 Å². The fourth-order valence-electron chi connectivity index (χ4n) is 2.38. The Bertz CT molecular complexity index is 735. The summed E-state index contributed by atoms with van der Waals surface area (Å²) < 4.78 is 44.4.